The van der Waals surface area contributed by atoms with Gasteiger partial charge in [0.2, 0.25) is 0 Å². The molecule has 0 bridgehead atoms. The largest absolute Gasteiger partial charge is 0.461 e. The summed E-state index contributed by atoms with van der Waals surface area (Å²) in [4.78, 5) is 24.1. The molecule has 2 aliphatic rings. The Labute approximate surface area is 137 Å². The van der Waals surface area contributed by atoms with Gasteiger partial charge in [-0.05, 0) is 29.9 Å². The molecule has 0 spiro atoms. The summed E-state index contributed by atoms with van der Waals surface area (Å²) in [5.41, 5.74) is 1.65. The van der Waals surface area contributed by atoms with E-state index in [0.717, 1.165) is 17.6 Å². The maximum Gasteiger partial charge on any atom is 0.310 e. The fourth-order valence-corrected chi connectivity index (χ4v) is 3.15. The van der Waals surface area contributed by atoms with Gasteiger partial charge < -0.3 is 9.47 Å². The number of ether oxygens (including phenoxy) is 2. The number of benzene rings is 1. The van der Waals surface area contributed by atoms with Gasteiger partial charge in [-0.3, -0.25) is 9.59 Å². The molecule has 23 heavy (non-hydrogen) atoms. The van der Waals surface area contributed by atoms with Gasteiger partial charge in [0, 0.05) is 0 Å². The number of cyclic esters (lactones) is 1. The van der Waals surface area contributed by atoms with Gasteiger partial charge in [0.15, 0.2) is 0 Å². The lowest BCUT2D eigenvalue weighted by atomic mass is 9.57. The second kappa shape index (κ2) is 6.22. The van der Waals surface area contributed by atoms with Crippen molar-refractivity contribution in [3.63, 3.8) is 0 Å². The van der Waals surface area contributed by atoms with Gasteiger partial charge in [0.1, 0.15) is 12.7 Å². The minimum atomic E-state index is -1.06. The molecule has 1 saturated heterocycles. The summed E-state index contributed by atoms with van der Waals surface area (Å²) in [5, 5.41) is -1.06. The highest BCUT2D eigenvalue weighted by atomic mass is 16.6. The van der Waals surface area contributed by atoms with Crippen LogP contribution >= 0.6 is 0 Å². The van der Waals surface area contributed by atoms with Crippen LogP contribution in [-0.4, -0.2) is 25.9 Å². The van der Waals surface area contributed by atoms with Crippen molar-refractivity contribution in [1.82, 2.24) is 0 Å². The number of fused-ring (bicyclic) bond motifs is 1. The maximum atomic E-state index is 12.1. The van der Waals surface area contributed by atoms with E-state index < -0.39 is 23.4 Å². The topological polar surface area (TPSA) is 52.6 Å². The van der Waals surface area contributed by atoms with E-state index in [2.05, 4.69) is 6.92 Å². The Morgan fingerprint density at radius 2 is 2.13 bits per heavy atom. The summed E-state index contributed by atoms with van der Waals surface area (Å²) >= 11 is 0. The van der Waals surface area contributed by atoms with Crippen LogP contribution in [-0.2, 0) is 25.7 Å². The Hall–Kier alpha value is -2.04. The van der Waals surface area contributed by atoms with E-state index in [1.165, 1.54) is 0 Å². The lowest BCUT2D eigenvalue weighted by molar-refractivity contribution is -0.150. The molecule has 1 aromatic rings. The van der Waals surface area contributed by atoms with Crippen molar-refractivity contribution >= 4 is 19.8 Å². The van der Waals surface area contributed by atoms with Crippen LogP contribution in [0, 0.1) is 5.92 Å². The van der Waals surface area contributed by atoms with Crippen molar-refractivity contribution in [1.29, 1.82) is 0 Å². The fourth-order valence-electron chi connectivity index (χ4n) is 3.15. The van der Waals surface area contributed by atoms with E-state index >= 15 is 0 Å². The molecule has 0 aromatic heterocycles. The Balaban J connectivity index is 1.63. The van der Waals surface area contributed by atoms with Crippen molar-refractivity contribution in [2.75, 3.05) is 0 Å². The standard InChI is InChI=1S/C18H19BO4/c1-12-7-8-18(19)14(9-12)15(23-17(18)21)10-16(20)22-11-13-5-3-2-4-6-13/h2-6,9,12,15H,7-8,10-11H2,1H3/t12-,15+,18+/m0/s1. The summed E-state index contributed by atoms with van der Waals surface area (Å²) in [6.45, 7) is 2.28. The predicted molar refractivity (Wildman–Crippen MR) is 85.7 cm³/mol. The molecule has 1 heterocycles. The van der Waals surface area contributed by atoms with Crippen LogP contribution in [0.1, 0.15) is 31.7 Å². The first kappa shape index (κ1) is 15.8. The second-order valence-corrected chi connectivity index (χ2v) is 6.35. The first-order valence-electron chi connectivity index (χ1n) is 7.91. The van der Waals surface area contributed by atoms with Crippen molar-refractivity contribution in [3.8, 4) is 0 Å². The molecule has 1 fully saturated rings. The molecule has 1 aliphatic carbocycles. The zero-order valence-electron chi connectivity index (χ0n) is 13.2. The molecule has 3 rings (SSSR count). The van der Waals surface area contributed by atoms with Crippen molar-refractivity contribution < 1.29 is 19.1 Å². The lowest BCUT2D eigenvalue weighted by Crippen LogP contribution is -2.26. The Morgan fingerprint density at radius 3 is 2.87 bits per heavy atom. The smallest absolute Gasteiger partial charge is 0.310 e. The molecule has 0 saturated carbocycles. The SMILES string of the molecule is [B][C@]12CC[C@H](C)C=C1[C@@H](CC(=O)OCc1ccccc1)OC2=O. The summed E-state index contributed by atoms with van der Waals surface area (Å²) in [6.07, 6.45) is 2.80. The highest BCUT2D eigenvalue weighted by Crippen LogP contribution is 2.51. The fraction of sp³-hybridized carbons (Fsp3) is 0.444. The van der Waals surface area contributed by atoms with E-state index in [-0.39, 0.29) is 13.0 Å². The highest BCUT2D eigenvalue weighted by molar-refractivity contribution is 6.30. The first-order chi connectivity index (χ1) is 11.0. The van der Waals surface area contributed by atoms with Gasteiger partial charge in [0.05, 0.1) is 19.6 Å². The van der Waals surface area contributed by atoms with Crippen LogP contribution in [0.2, 0.25) is 5.31 Å². The number of carbonyl (C=O) groups is 2. The average molecular weight is 310 g/mol. The summed E-state index contributed by atoms with van der Waals surface area (Å²) < 4.78 is 10.6. The van der Waals surface area contributed by atoms with E-state index in [4.69, 9.17) is 17.3 Å². The number of carbonyl (C=O) groups excluding carboxylic acids is 2. The van der Waals surface area contributed by atoms with Gasteiger partial charge in [0.25, 0.3) is 0 Å². The molecule has 118 valence electrons. The van der Waals surface area contributed by atoms with Gasteiger partial charge in [-0.25, -0.2) is 0 Å². The Kier molecular flexibility index (Phi) is 4.29. The lowest BCUT2D eigenvalue weighted by Gasteiger charge is -2.29. The third kappa shape index (κ3) is 3.19. The molecule has 1 aromatic carbocycles. The van der Waals surface area contributed by atoms with Crippen LogP contribution in [0.5, 0.6) is 0 Å². The van der Waals surface area contributed by atoms with Crippen molar-refractivity contribution in [2.24, 2.45) is 5.92 Å². The summed E-state index contributed by atoms with van der Waals surface area (Å²) in [7, 11) is 6.21. The molecule has 5 heteroatoms. The van der Waals surface area contributed by atoms with Crippen LogP contribution in [0.25, 0.3) is 0 Å². The molecular formula is C18H19BO4. The number of hydrogen-bond donors (Lipinski definition) is 0. The van der Waals surface area contributed by atoms with Gasteiger partial charge in [-0.2, -0.15) is 0 Å². The van der Waals surface area contributed by atoms with Gasteiger partial charge >= 0.3 is 11.9 Å². The minimum Gasteiger partial charge on any atom is -0.461 e. The molecule has 3 atom stereocenters. The number of rotatable bonds is 4. The molecule has 0 unspecified atom stereocenters. The number of allylic oxidation sites excluding steroid dienone is 1. The summed E-state index contributed by atoms with van der Waals surface area (Å²) in [6, 6.07) is 9.46. The average Bonchev–Trinajstić information content (AvgIpc) is 2.78. The molecule has 0 N–H and O–H groups in total. The molecule has 4 nitrogen and oxygen atoms in total. The summed E-state index contributed by atoms with van der Waals surface area (Å²) in [5.74, 6) is -0.495. The monoisotopic (exact) mass is 310 g/mol. The van der Waals surface area contributed by atoms with Crippen LogP contribution in [0.4, 0.5) is 0 Å². The Bertz CT molecular complexity index is 640. The maximum absolute atomic E-state index is 12.1. The van der Waals surface area contributed by atoms with Crippen LogP contribution < -0.4 is 0 Å². The second-order valence-electron chi connectivity index (χ2n) is 6.35. The highest BCUT2D eigenvalue weighted by Gasteiger charge is 2.51. The molecule has 2 radical (unpaired) electrons. The minimum absolute atomic E-state index is 0.01000. The molecular weight excluding hydrogens is 291 g/mol. The van der Waals surface area contributed by atoms with Crippen molar-refractivity contribution in [3.05, 3.63) is 47.5 Å². The molecule has 1 aliphatic heterocycles. The quantitative estimate of drug-likeness (QED) is 0.487. The predicted octanol–water partition coefficient (Wildman–Crippen LogP) is 2.73. The zero-order chi connectivity index (χ0) is 16.4. The van der Waals surface area contributed by atoms with Crippen LogP contribution in [0.15, 0.2) is 42.0 Å². The van der Waals surface area contributed by atoms with Gasteiger partial charge in [-0.15, -0.1) is 0 Å². The Morgan fingerprint density at radius 1 is 1.39 bits per heavy atom. The zero-order valence-corrected chi connectivity index (χ0v) is 13.2. The van der Waals surface area contributed by atoms with E-state index in [0.29, 0.717) is 12.3 Å². The normalized spacial score (nSPS) is 29.4. The molecule has 0 amide bonds. The third-order valence-corrected chi connectivity index (χ3v) is 4.53. The third-order valence-electron chi connectivity index (χ3n) is 4.53. The first-order valence-corrected chi connectivity index (χ1v) is 7.91. The van der Waals surface area contributed by atoms with Gasteiger partial charge in [-0.1, -0.05) is 43.3 Å². The number of hydrogen-bond acceptors (Lipinski definition) is 4. The van der Waals surface area contributed by atoms with E-state index in [9.17, 15) is 9.59 Å². The van der Waals surface area contributed by atoms with E-state index in [1.54, 1.807) is 0 Å². The van der Waals surface area contributed by atoms with E-state index in [1.807, 2.05) is 36.4 Å². The number of esters is 2. The van der Waals surface area contributed by atoms with Crippen LogP contribution in [0.3, 0.4) is 0 Å². The van der Waals surface area contributed by atoms with Crippen molar-refractivity contribution in [2.45, 2.75) is 44.2 Å².